The second-order valence-electron chi connectivity index (χ2n) is 7.74. The molecule has 0 atom stereocenters. The molecule has 0 saturated carbocycles. The van der Waals surface area contributed by atoms with Gasteiger partial charge in [0.15, 0.2) is 0 Å². The highest BCUT2D eigenvalue weighted by Gasteiger charge is 2.17. The fourth-order valence-corrected chi connectivity index (χ4v) is 3.78. The first-order valence-electron chi connectivity index (χ1n) is 10.6. The standard InChI is InChI=1S/C26H23N5O/c1-19-9-8-16-30-25(19)29-24(21-10-4-2-5-11-21)26(30)28-23(32)15-14-20-17-27-31(18-20)22-12-6-3-7-13-22/h2-13,16-18H,14-15H2,1H3,(H,28,32). The highest BCUT2D eigenvalue weighted by Crippen LogP contribution is 2.30. The molecule has 1 amide bonds. The molecule has 1 N–H and O–H groups in total. The van der Waals surface area contributed by atoms with Gasteiger partial charge in [-0.1, -0.05) is 54.6 Å². The average molecular weight is 422 g/mol. The minimum Gasteiger partial charge on any atom is -0.310 e. The number of aromatic nitrogens is 4. The van der Waals surface area contributed by atoms with Gasteiger partial charge in [0.25, 0.3) is 0 Å². The SMILES string of the molecule is Cc1cccn2c(NC(=O)CCc3cnn(-c4ccccc4)c3)c(-c3ccccc3)nc12. The normalized spacial score (nSPS) is 11.0. The smallest absolute Gasteiger partial charge is 0.225 e. The van der Waals surface area contributed by atoms with Crippen LogP contribution >= 0.6 is 0 Å². The van der Waals surface area contributed by atoms with E-state index in [9.17, 15) is 4.79 Å². The van der Waals surface area contributed by atoms with Crippen LogP contribution in [-0.4, -0.2) is 25.1 Å². The summed E-state index contributed by atoms with van der Waals surface area (Å²) in [5, 5.41) is 7.52. The Bertz CT molecular complexity index is 1370. The van der Waals surface area contributed by atoms with E-state index in [0.717, 1.165) is 33.7 Å². The maximum atomic E-state index is 12.9. The minimum absolute atomic E-state index is 0.0575. The predicted molar refractivity (Wildman–Crippen MR) is 126 cm³/mol. The van der Waals surface area contributed by atoms with Crippen LogP contribution in [0.15, 0.2) is 91.4 Å². The molecule has 158 valence electrons. The third-order valence-corrected chi connectivity index (χ3v) is 5.45. The van der Waals surface area contributed by atoms with Crippen LogP contribution in [0, 0.1) is 6.92 Å². The first-order valence-corrected chi connectivity index (χ1v) is 10.6. The molecule has 3 heterocycles. The van der Waals surface area contributed by atoms with E-state index in [0.29, 0.717) is 18.7 Å². The van der Waals surface area contributed by atoms with Gasteiger partial charge >= 0.3 is 0 Å². The number of nitrogens with one attached hydrogen (secondary N) is 1. The van der Waals surface area contributed by atoms with E-state index in [-0.39, 0.29) is 5.91 Å². The number of anilines is 1. The van der Waals surface area contributed by atoms with Gasteiger partial charge in [-0.05, 0) is 42.7 Å². The Labute approximate surface area is 186 Å². The number of imidazole rings is 1. The Hall–Kier alpha value is -4.19. The number of rotatable bonds is 6. The second-order valence-corrected chi connectivity index (χ2v) is 7.74. The summed E-state index contributed by atoms with van der Waals surface area (Å²) in [6.07, 6.45) is 6.67. The molecule has 32 heavy (non-hydrogen) atoms. The number of carbonyl (C=O) groups is 1. The number of hydrogen-bond donors (Lipinski definition) is 1. The lowest BCUT2D eigenvalue weighted by Crippen LogP contribution is -2.14. The summed E-state index contributed by atoms with van der Waals surface area (Å²) in [6, 6.07) is 23.8. The molecule has 5 aromatic rings. The van der Waals surface area contributed by atoms with Crippen molar-refractivity contribution < 1.29 is 4.79 Å². The first kappa shape index (κ1) is 19.8. The molecule has 0 unspecified atom stereocenters. The number of hydrogen-bond acceptors (Lipinski definition) is 3. The van der Waals surface area contributed by atoms with Crippen LogP contribution in [0.25, 0.3) is 22.6 Å². The highest BCUT2D eigenvalue weighted by atomic mass is 16.1. The molecule has 2 aromatic carbocycles. The maximum absolute atomic E-state index is 12.9. The minimum atomic E-state index is -0.0575. The zero-order chi connectivity index (χ0) is 21.9. The lowest BCUT2D eigenvalue weighted by Gasteiger charge is -2.08. The molecule has 6 nitrogen and oxygen atoms in total. The Morgan fingerprint density at radius 2 is 1.72 bits per heavy atom. The molecule has 0 saturated heterocycles. The number of carbonyl (C=O) groups excluding carboxylic acids is 1. The van der Waals surface area contributed by atoms with Gasteiger partial charge in [-0.25, -0.2) is 9.67 Å². The molecule has 0 aliphatic heterocycles. The molecular weight excluding hydrogens is 398 g/mol. The average Bonchev–Trinajstić information content (AvgIpc) is 3.45. The number of aryl methyl sites for hydroxylation is 2. The number of pyridine rings is 1. The van der Waals surface area contributed by atoms with Gasteiger partial charge in [-0.3, -0.25) is 9.20 Å². The molecule has 0 aliphatic carbocycles. The highest BCUT2D eigenvalue weighted by molar-refractivity contribution is 5.94. The fourth-order valence-electron chi connectivity index (χ4n) is 3.78. The quantitative estimate of drug-likeness (QED) is 0.416. The van der Waals surface area contributed by atoms with Gasteiger partial charge < -0.3 is 5.32 Å². The van der Waals surface area contributed by atoms with Crippen molar-refractivity contribution in [2.24, 2.45) is 0 Å². The topological polar surface area (TPSA) is 64.2 Å². The fraction of sp³-hybridized carbons (Fsp3) is 0.115. The summed E-state index contributed by atoms with van der Waals surface area (Å²) < 4.78 is 3.77. The molecular formula is C26H23N5O. The number of benzene rings is 2. The summed E-state index contributed by atoms with van der Waals surface area (Å²) in [6.45, 7) is 2.02. The molecule has 0 fully saturated rings. The molecule has 0 aliphatic rings. The Morgan fingerprint density at radius 3 is 2.50 bits per heavy atom. The summed E-state index contributed by atoms with van der Waals surface area (Å²) in [7, 11) is 0. The van der Waals surface area contributed by atoms with Crippen molar-refractivity contribution in [3.63, 3.8) is 0 Å². The Morgan fingerprint density at radius 1 is 0.969 bits per heavy atom. The van der Waals surface area contributed by atoms with Gasteiger partial charge in [0.05, 0.1) is 11.9 Å². The number of nitrogens with zero attached hydrogens (tertiary/aromatic N) is 4. The van der Waals surface area contributed by atoms with Gasteiger partial charge in [0.2, 0.25) is 5.91 Å². The van der Waals surface area contributed by atoms with E-state index in [1.54, 1.807) is 0 Å². The number of fused-ring (bicyclic) bond motifs is 1. The van der Waals surface area contributed by atoms with E-state index in [2.05, 4.69) is 10.4 Å². The van der Waals surface area contributed by atoms with Gasteiger partial charge in [-0.15, -0.1) is 0 Å². The van der Waals surface area contributed by atoms with Crippen molar-refractivity contribution in [1.82, 2.24) is 19.2 Å². The predicted octanol–water partition coefficient (Wildman–Crippen LogP) is 5.07. The summed E-state index contributed by atoms with van der Waals surface area (Å²) in [5.74, 6) is 0.637. The number of para-hydroxylation sites is 1. The van der Waals surface area contributed by atoms with E-state index in [4.69, 9.17) is 4.98 Å². The van der Waals surface area contributed by atoms with Crippen molar-refractivity contribution in [2.45, 2.75) is 19.8 Å². The second kappa shape index (κ2) is 8.51. The van der Waals surface area contributed by atoms with Crippen molar-refractivity contribution in [1.29, 1.82) is 0 Å². The summed E-state index contributed by atoms with van der Waals surface area (Å²) >= 11 is 0. The van der Waals surface area contributed by atoms with E-state index >= 15 is 0 Å². The van der Waals surface area contributed by atoms with Gasteiger partial charge in [0, 0.05) is 24.4 Å². The van der Waals surface area contributed by atoms with Crippen LogP contribution in [0.1, 0.15) is 17.5 Å². The van der Waals surface area contributed by atoms with Crippen LogP contribution in [-0.2, 0) is 11.2 Å². The Kier molecular flexibility index (Phi) is 5.25. The Balaban J connectivity index is 1.36. The summed E-state index contributed by atoms with van der Waals surface area (Å²) in [4.78, 5) is 17.7. The third kappa shape index (κ3) is 3.90. The van der Waals surface area contributed by atoms with Crippen LogP contribution in [0.4, 0.5) is 5.82 Å². The van der Waals surface area contributed by atoms with E-state index in [1.165, 1.54) is 0 Å². The van der Waals surface area contributed by atoms with Crippen molar-refractivity contribution in [2.75, 3.05) is 5.32 Å². The van der Waals surface area contributed by atoms with Crippen molar-refractivity contribution in [3.05, 3.63) is 103 Å². The lowest BCUT2D eigenvalue weighted by atomic mass is 10.1. The monoisotopic (exact) mass is 421 g/mol. The maximum Gasteiger partial charge on any atom is 0.225 e. The zero-order valence-electron chi connectivity index (χ0n) is 17.8. The van der Waals surface area contributed by atoms with Crippen LogP contribution in [0.2, 0.25) is 0 Å². The van der Waals surface area contributed by atoms with Gasteiger partial charge in [-0.2, -0.15) is 5.10 Å². The molecule has 5 rings (SSSR count). The number of amides is 1. The van der Waals surface area contributed by atoms with E-state index < -0.39 is 0 Å². The molecule has 3 aromatic heterocycles. The van der Waals surface area contributed by atoms with Crippen LogP contribution in [0.3, 0.4) is 0 Å². The van der Waals surface area contributed by atoms with Crippen molar-refractivity contribution >= 4 is 17.4 Å². The van der Waals surface area contributed by atoms with Crippen LogP contribution in [0.5, 0.6) is 0 Å². The van der Waals surface area contributed by atoms with Crippen molar-refractivity contribution in [3.8, 4) is 16.9 Å². The summed E-state index contributed by atoms with van der Waals surface area (Å²) in [5.41, 5.74) is 5.64. The third-order valence-electron chi connectivity index (χ3n) is 5.45. The molecule has 0 bridgehead atoms. The lowest BCUT2D eigenvalue weighted by molar-refractivity contribution is -0.116. The van der Waals surface area contributed by atoms with Crippen LogP contribution < -0.4 is 5.32 Å². The molecule has 0 spiro atoms. The first-order chi connectivity index (χ1) is 15.7. The largest absolute Gasteiger partial charge is 0.310 e. The van der Waals surface area contributed by atoms with E-state index in [1.807, 2.05) is 107 Å². The van der Waals surface area contributed by atoms with Gasteiger partial charge in [0.1, 0.15) is 17.2 Å². The zero-order valence-corrected chi connectivity index (χ0v) is 17.8. The molecule has 0 radical (unpaired) electrons. The molecule has 6 heteroatoms.